The monoisotopic (exact) mass is 284 g/mol. The summed E-state index contributed by atoms with van der Waals surface area (Å²) in [5.41, 5.74) is 6.48. The van der Waals surface area contributed by atoms with Crippen LogP contribution in [0.3, 0.4) is 0 Å². The van der Waals surface area contributed by atoms with Gasteiger partial charge in [0.15, 0.2) is 0 Å². The lowest BCUT2D eigenvalue weighted by atomic mass is 10.1. The first kappa shape index (κ1) is 13.0. The molecule has 0 aliphatic heterocycles. The molecule has 4 aromatic rings. The van der Waals surface area contributed by atoms with Crippen LogP contribution in [0.2, 0.25) is 0 Å². The zero-order valence-corrected chi connectivity index (χ0v) is 12.7. The summed E-state index contributed by atoms with van der Waals surface area (Å²) in [6.45, 7) is 4.12. The molecule has 0 aliphatic carbocycles. The van der Waals surface area contributed by atoms with Crippen LogP contribution in [0.1, 0.15) is 11.3 Å². The van der Waals surface area contributed by atoms with Crippen molar-refractivity contribution in [1.29, 1.82) is 0 Å². The lowest BCUT2D eigenvalue weighted by Crippen LogP contribution is -1.89. The van der Waals surface area contributed by atoms with Crippen LogP contribution in [0.4, 0.5) is 0 Å². The van der Waals surface area contributed by atoms with Gasteiger partial charge in [0.05, 0.1) is 16.7 Å². The first-order valence-corrected chi connectivity index (χ1v) is 7.45. The Morgan fingerprint density at radius 3 is 2.50 bits per heavy atom. The van der Waals surface area contributed by atoms with Crippen LogP contribution in [-0.4, -0.2) is 9.97 Å². The molecule has 0 fully saturated rings. The van der Waals surface area contributed by atoms with E-state index in [0.29, 0.717) is 0 Å². The summed E-state index contributed by atoms with van der Waals surface area (Å²) in [4.78, 5) is 9.40. The summed E-state index contributed by atoms with van der Waals surface area (Å²) in [5, 5.41) is 2.33. The molecule has 0 amide bonds. The highest BCUT2D eigenvalue weighted by Gasteiger charge is 2.05. The van der Waals surface area contributed by atoms with Gasteiger partial charge in [-0.2, -0.15) is 0 Å². The molecule has 4 rings (SSSR count). The largest absolute Gasteiger partial charge is 0.253 e. The Labute approximate surface area is 129 Å². The van der Waals surface area contributed by atoms with E-state index in [1.54, 1.807) is 0 Å². The number of benzene rings is 2. The molecule has 0 atom stereocenters. The highest BCUT2D eigenvalue weighted by Crippen LogP contribution is 2.25. The van der Waals surface area contributed by atoms with Gasteiger partial charge in [0.1, 0.15) is 0 Å². The molecule has 0 aliphatic rings. The third-order valence-corrected chi connectivity index (χ3v) is 4.05. The number of hydrogen-bond donors (Lipinski definition) is 0. The Morgan fingerprint density at radius 2 is 1.59 bits per heavy atom. The number of rotatable bonds is 1. The molecule has 2 nitrogen and oxygen atoms in total. The van der Waals surface area contributed by atoms with Gasteiger partial charge in [-0.25, -0.2) is 4.98 Å². The lowest BCUT2D eigenvalue weighted by Gasteiger charge is -2.07. The lowest BCUT2D eigenvalue weighted by molar-refractivity contribution is 1.25. The minimum Gasteiger partial charge on any atom is -0.253 e. The molecule has 22 heavy (non-hydrogen) atoms. The summed E-state index contributed by atoms with van der Waals surface area (Å²) in [6.07, 6.45) is 0. The standard InChI is InChI=1S/C20H16N2/c1-13-4-3-5-15-8-10-19(22-20(13)15)17-9-11-18-16(12-17)7-6-14(2)21-18/h3-12H,1-2H3. The summed E-state index contributed by atoms with van der Waals surface area (Å²) in [7, 11) is 0. The fraction of sp³-hybridized carbons (Fsp3) is 0.100. The van der Waals surface area contributed by atoms with Crippen molar-refractivity contribution in [3.8, 4) is 11.3 Å². The normalized spacial score (nSPS) is 11.2. The number of pyridine rings is 2. The van der Waals surface area contributed by atoms with Crippen molar-refractivity contribution >= 4 is 21.8 Å². The summed E-state index contributed by atoms with van der Waals surface area (Å²) in [6, 6.07) is 21.0. The van der Waals surface area contributed by atoms with Crippen molar-refractivity contribution < 1.29 is 0 Å². The molecule has 2 heterocycles. The fourth-order valence-electron chi connectivity index (χ4n) is 2.84. The van der Waals surface area contributed by atoms with Crippen LogP contribution in [0.25, 0.3) is 33.1 Å². The third kappa shape index (κ3) is 2.13. The van der Waals surface area contributed by atoms with Crippen LogP contribution in [0, 0.1) is 13.8 Å². The quantitative estimate of drug-likeness (QED) is 0.488. The predicted molar refractivity (Wildman–Crippen MR) is 92.0 cm³/mol. The molecule has 0 radical (unpaired) electrons. The number of nitrogens with zero attached hydrogens (tertiary/aromatic N) is 2. The number of fused-ring (bicyclic) bond motifs is 2. The fourth-order valence-corrected chi connectivity index (χ4v) is 2.84. The highest BCUT2D eigenvalue weighted by atomic mass is 14.7. The topological polar surface area (TPSA) is 25.8 Å². The molecule has 0 unspecified atom stereocenters. The number of aryl methyl sites for hydroxylation is 2. The Hall–Kier alpha value is -2.74. The second kappa shape index (κ2) is 4.92. The summed E-state index contributed by atoms with van der Waals surface area (Å²) < 4.78 is 0. The molecule has 0 saturated heterocycles. The van der Waals surface area contributed by atoms with Crippen molar-refractivity contribution in [1.82, 2.24) is 9.97 Å². The average molecular weight is 284 g/mol. The van der Waals surface area contributed by atoms with Crippen LogP contribution in [-0.2, 0) is 0 Å². The molecule has 0 spiro atoms. The van der Waals surface area contributed by atoms with E-state index in [2.05, 4.69) is 66.5 Å². The molecule has 2 aromatic heterocycles. The molecule has 106 valence electrons. The van der Waals surface area contributed by atoms with Crippen molar-refractivity contribution in [3.05, 3.63) is 71.9 Å². The zero-order chi connectivity index (χ0) is 15.1. The van der Waals surface area contributed by atoms with Gasteiger partial charge in [0.2, 0.25) is 0 Å². The van der Waals surface area contributed by atoms with Gasteiger partial charge < -0.3 is 0 Å². The van der Waals surface area contributed by atoms with Gasteiger partial charge in [-0.15, -0.1) is 0 Å². The van der Waals surface area contributed by atoms with Crippen molar-refractivity contribution in [2.75, 3.05) is 0 Å². The number of hydrogen-bond acceptors (Lipinski definition) is 2. The maximum Gasteiger partial charge on any atom is 0.0738 e. The minimum absolute atomic E-state index is 1.00. The Balaban J connectivity index is 1.91. The molecular weight excluding hydrogens is 268 g/mol. The highest BCUT2D eigenvalue weighted by molar-refractivity contribution is 5.87. The van der Waals surface area contributed by atoms with Gasteiger partial charge in [0.25, 0.3) is 0 Å². The van der Waals surface area contributed by atoms with Gasteiger partial charge in [-0.1, -0.05) is 36.4 Å². The average Bonchev–Trinajstić information content (AvgIpc) is 2.54. The summed E-state index contributed by atoms with van der Waals surface area (Å²) >= 11 is 0. The van der Waals surface area contributed by atoms with Gasteiger partial charge in [-0.3, -0.25) is 4.98 Å². The van der Waals surface area contributed by atoms with Crippen LogP contribution in [0.5, 0.6) is 0 Å². The van der Waals surface area contributed by atoms with Gasteiger partial charge in [0, 0.05) is 22.0 Å². The van der Waals surface area contributed by atoms with Crippen molar-refractivity contribution in [3.63, 3.8) is 0 Å². The van der Waals surface area contributed by atoms with Gasteiger partial charge in [-0.05, 0) is 43.7 Å². The minimum atomic E-state index is 1.00. The summed E-state index contributed by atoms with van der Waals surface area (Å²) in [5.74, 6) is 0. The second-order valence-electron chi connectivity index (χ2n) is 5.70. The van der Waals surface area contributed by atoms with Crippen LogP contribution in [0.15, 0.2) is 60.7 Å². The first-order chi connectivity index (χ1) is 10.7. The van der Waals surface area contributed by atoms with E-state index in [9.17, 15) is 0 Å². The van der Waals surface area contributed by atoms with Gasteiger partial charge >= 0.3 is 0 Å². The molecule has 2 heteroatoms. The van der Waals surface area contributed by atoms with E-state index in [0.717, 1.165) is 33.4 Å². The molecule has 2 aromatic carbocycles. The van der Waals surface area contributed by atoms with E-state index in [1.807, 2.05) is 13.0 Å². The van der Waals surface area contributed by atoms with Crippen molar-refractivity contribution in [2.24, 2.45) is 0 Å². The van der Waals surface area contributed by atoms with Crippen LogP contribution >= 0.6 is 0 Å². The van der Waals surface area contributed by atoms with E-state index < -0.39 is 0 Å². The predicted octanol–water partition coefficient (Wildman–Crippen LogP) is 5.07. The molecule has 0 saturated carbocycles. The smallest absolute Gasteiger partial charge is 0.0738 e. The maximum absolute atomic E-state index is 4.85. The Morgan fingerprint density at radius 1 is 0.727 bits per heavy atom. The van der Waals surface area contributed by atoms with Crippen LogP contribution < -0.4 is 0 Å². The van der Waals surface area contributed by atoms with Crippen molar-refractivity contribution in [2.45, 2.75) is 13.8 Å². The van der Waals surface area contributed by atoms with E-state index >= 15 is 0 Å². The third-order valence-electron chi connectivity index (χ3n) is 4.05. The first-order valence-electron chi connectivity index (χ1n) is 7.45. The molecule has 0 N–H and O–H groups in total. The zero-order valence-electron chi connectivity index (χ0n) is 12.7. The maximum atomic E-state index is 4.85. The van der Waals surface area contributed by atoms with E-state index in [-0.39, 0.29) is 0 Å². The molecule has 0 bridgehead atoms. The number of aromatic nitrogens is 2. The molecular formula is C20H16N2. The second-order valence-corrected chi connectivity index (χ2v) is 5.70. The van der Waals surface area contributed by atoms with E-state index in [1.165, 1.54) is 10.9 Å². The Kier molecular flexibility index (Phi) is 2.90. The number of para-hydroxylation sites is 1. The van der Waals surface area contributed by atoms with E-state index in [4.69, 9.17) is 4.98 Å². The Bertz CT molecular complexity index is 1000. The SMILES string of the molecule is Cc1ccc2cc(-c3ccc4cccc(C)c4n3)ccc2n1.